The Labute approximate surface area is 455 Å². The second kappa shape index (κ2) is 30.2. The minimum absolute atomic E-state index is 0.0798. The van der Waals surface area contributed by atoms with E-state index in [0.29, 0.717) is 44.2 Å². The van der Waals surface area contributed by atoms with Crippen LogP contribution < -0.4 is 23.7 Å². The highest BCUT2D eigenvalue weighted by molar-refractivity contribution is 8.17. The van der Waals surface area contributed by atoms with Gasteiger partial charge >= 0.3 is 0 Å². The lowest BCUT2D eigenvalue weighted by Gasteiger charge is -2.18. The third kappa shape index (κ3) is 18.6. The van der Waals surface area contributed by atoms with Crippen molar-refractivity contribution in [1.29, 1.82) is 10.5 Å². The van der Waals surface area contributed by atoms with E-state index in [2.05, 4.69) is 120 Å². The number of ether oxygens (including phenoxy) is 5. The van der Waals surface area contributed by atoms with Crippen molar-refractivity contribution in [2.75, 3.05) is 33.0 Å². The highest BCUT2D eigenvalue weighted by Gasteiger charge is 2.15. The van der Waals surface area contributed by atoms with Gasteiger partial charge in [-0.15, -0.1) is 35.3 Å². The van der Waals surface area contributed by atoms with Gasteiger partial charge in [0.25, 0.3) is 0 Å². The summed E-state index contributed by atoms with van der Waals surface area (Å²) >= 11 is 5.34. The first-order valence-corrected chi connectivity index (χ1v) is 28.3. The van der Waals surface area contributed by atoms with Crippen molar-refractivity contribution in [3.63, 3.8) is 0 Å². The molecule has 0 aliphatic rings. The highest BCUT2D eigenvalue weighted by atomic mass is 32.2. The minimum Gasteiger partial charge on any atom is -0.494 e. The van der Waals surface area contributed by atoms with E-state index in [1.807, 2.05) is 91.1 Å². The number of pyridine rings is 1. The maximum atomic E-state index is 9.06. The van der Waals surface area contributed by atoms with Crippen molar-refractivity contribution in [2.45, 2.75) is 76.4 Å². The Bertz CT molecular complexity index is 2820. The van der Waals surface area contributed by atoms with E-state index < -0.39 is 0 Å². The third-order valence-corrected chi connectivity index (χ3v) is 15.6. The first-order valence-electron chi connectivity index (χ1n) is 25.6. The Morgan fingerprint density at radius 3 is 1.08 bits per heavy atom. The summed E-state index contributed by atoms with van der Waals surface area (Å²) in [5, 5.41) is 18.1. The van der Waals surface area contributed by atoms with Crippen molar-refractivity contribution in [1.82, 2.24) is 4.98 Å². The van der Waals surface area contributed by atoms with E-state index in [0.717, 1.165) is 124 Å². The molecular weight excluding hydrogens is 987 g/mol. The van der Waals surface area contributed by atoms with E-state index in [4.69, 9.17) is 34.2 Å². The van der Waals surface area contributed by atoms with Crippen LogP contribution in [0.5, 0.6) is 28.7 Å². The zero-order valence-electron chi connectivity index (χ0n) is 42.1. The van der Waals surface area contributed by atoms with Crippen LogP contribution in [0.25, 0.3) is 22.3 Å². The average molecular weight is 1050 g/mol. The second-order valence-electron chi connectivity index (χ2n) is 17.6. The van der Waals surface area contributed by atoms with Crippen LogP contribution in [0, 0.1) is 22.7 Å². The Morgan fingerprint density at radius 1 is 0.373 bits per heavy atom. The lowest BCUT2D eigenvalue weighted by atomic mass is 10.0. The standard InChI is InChI=1S/C64H61N3O5S3/c65-45-49-12-16-51(17-13-49)53-20-24-56(25-21-53)68-41-7-1-3-9-43-70-58-30-36-62(37-31-58)74-64(47-72-60-28-34-61(35-29-60)73-48-55-11-5-6-40-67-55)75-63-38-32-59(33-39-63)71-44-10-4-2-8-42-69-57-26-22-54(23-27-57)52-18-14-50(46-66)15-19-52/h5-6,11-40,64H,1-4,7-10,41-44,47-48H2. The lowest BCUT2D eigenvalue weighted by molar-refractivity contribution is 0.287. The van der Waals surface area contributed by atoms with Crippen LogP contribution in [0.1, 0.15) is 68.2 Å². The normalized spacial score (nSPS) is 10.9. The Kier molecular flexibility index (Phi) is 21.7. The topological polar surface area (TPSA) is 107 Å². The van der Waals surface area contributed by atoms with Crippen molar-refractivity contribution >= 4 is 35.3 Å². The molecule has 0 unspecified atom stereocenters. The molecule has 0 amide bonds. The third-order valence-electron chi connectivity index (χ3n) is 12.1. The minimum atomic E-state index is 0.0798. The molecule has 0 spiro atoms. The molecule has 1 heterocycles. The van der Waals surface area contributed by atoms with Gasteiger partial charge in [0.2, 0.25) is 0 Å². The number of aromatic nitrogens is 1. The summed E-state index contributed by atoms with van der Waals surface area (Å²) in [5.74, 6) is 5.14. The van der Waals surface area contributed by atoms with Gasteiger partial charge in [0, 0.05) is 26.6 Å². The predicted molar refractivity (Wildman–Crippen MR) is 306 cm³/mol. The molecule has 8 aromatic rings. The van der Waals surface area contributed by atoms with Gasteiger partial charge in [-0.05, 0) is 207 Å². The monoisotopic (exact) mass is 1050 g/mol. The number of unbranched alkanes of at least 4 members (excludes halogenated alkanes) is 6. The molecule has 0 fully saturated rings. The van der Waals surface area contributed by atoms with Crippen LogP contribution in [0.15, 0.2) is 209 Å². The van der Waals surface area contributed by atoms with E-state index in [1.165, 1.54) is 4.90 Å². The number of nitrogens with zero attached hydrogens (tertiary/aromatic N) is 3. The fourth-order valence-electron chi connectivity index (χ4n) is 7.90. The molecule has 0 atom stereocenters. The van der Waals surface area contributed by atoms with Crippen molar-refractivity contribution < 1.29 is 23.7 Å². The summed E-state index contributed by atoms with van der Waals surface area (Å²) in [6, 6.07) is 67.0. The zero-order chi connectivity index (χ0) is 51.5. The largest absolute Gasteiger partial charge is 0.494 e. The predicted octanol–water partition coefficient (Wildman–Crippen LogP) is 16.8. The first-order chi connectivity index (χ1) is 37.0. The number of hydrogen-bond donors (Lipinski definition) is 0. The van der Waals surface area contributed by atoms with Crippen LogP contribution in [0.4, 0.5) is 0 Å². The Morgan fingerprint density at radius 2 is 0.720 bits per heavy atom. The number of hydrogen-bond acceptors (Lipinski definition) is 11. The highest BCUT2D eigenvalue weighted by Crippen LogP contribution is 2.38. The molecule has 75 heavy (non-hydrogen) atoms. The summed E-state index contributed by atoms with van der Waals surface area (Å²) in [4.78, 5) is 7.92. The van der Waals surface area contributed by atoms with Gasteiger partial charge in [-0.2, -0.15) is 10.5 Å². The molecule has 0 N–H and O–H groups in total. The molecule has 8 nitrogen and oxygen atoms in total. The summed E-state index contributed by atoms with van der Waals surface area (Å²) in [6.07, 6.45) is 10.1. The molecule has 0 radical (unpaired) electrons. The van der Waals surface area contributed by atoms with E-state index in [1.54, 1.807) is 35.3 Å². The van der Waals surface area contributed by atoms with Crippen molar-refractivity contribution in [2.24, 2.45) is 0 Å². The van der Waals surface area contributed by atoms with Crippen molar-refractivity contribution in [3.8, 4) is 63.1 Å². The van der Waals surface area contributed by atoms with E-state index in [-0.39, 0.29) is 4.58 Å². The molecule has 0 saturated carbocycles. The molecule has 8 rings (SSSR count). The van der Waals surface area contributed by atoms with Gasteiger partial charge in [0.15, 0.2) is 0 Å². The fraction of sp³-hybridized carbons (Fsp3) is 0.234. The molecule has 1 aromatic heterocycles. The second-order valence-corrected chi connectivity index (χ2v) is 21.5. The summed E-state index contributed by atoms with van der Waals surface area (Å²) < 4.78 is 30.8. The van der Waals surface area contributed by atoms with E-state index >= 15 is 0 Å². The molecule has 380 valence electrons. The van der Waals surface area contributed by atoms with Gasteiger partial charge in [-0.1, -0.05) is 54.6 Å². The van der Waals surface area contributed by atoms with E-state index in [9.17, 15) is 0 Å². The summed E-state index contributed by atoms with van der Waals surface area (Å²) in [7, 11) is 0. The molecule has 0 bridgehead atoms. The quantitative estimate of drug-likeness (QED) is 0.0244. The molecule has 11 heteroatoms. The lowest BCUT2D eigenvalue weighted by Crippen LogP contribution is -2.11. The van der Waals surface area contributed by atoms with Gasteiger partial charge in [-0.25, -0.2) is 0 Å². The average Bonchev–Trinajstić information content (AvgIpc) is 3.47. The summed E-state index contributed by atoms with van der Waals surface area (Å²) in [5.41, 5.74) is 6.74. The van der Waals surface area contributed by atoms with Crippen LogP contribution >= 0.6 is 35.3 Å². The molecular formula is C64H61N3O5S3. The van der Waals surface area contributed by atoms with Gasteiger partial charge < -0.3 is 23.7 Å². The van der Waals surface area contributed by atoms with Gasteiger partial charge in [-0.3, -0.25) is 4.98 Å². The number of benzene rings is 7. The molecule has 0 saturated heterocycles. The zero-order valence-corrected chi connectivity index (χ0v) is 44.5. The maximum Gasteiger partial charge on any atom is 0.119 e. The first kappa shape index (κ1) is 54.0. The smallest absolute Gasteiger partial charge is 0.119 e. The SMILES string of the molecule is N#Cc1ccc(-c2ccc(OCCCCCCOc3ccc(SC(COc4ccc(SCc5ccccn5)cc4)Sc4ccc(OCCCCCCOc5ccc(-c6ccc(C#N)cc6)cc5)cc4)cc3)cc2)cc1. The molecule has 7 aromatic carbocycles. The van der Waals surface area contributed by atoms with Crippen LogP contribution in [-0.4, -0.2) is 42.6 Å². The number of thioether (sulfide) groups is 3. The Hall–Kier alpha value is -7.28. The maximum absolute atomic E-state index is 9.06. The fourth-order valence-corrected chi connectivity index (χ4v) is 11.0. The van der Waals surface area contributed by atoms with Gasteiger partial charge in [0.05, 0.1) is 60.0 Å². The summed E-state index contributed by atoms with van der Waals surface area (Å²) in [6.45, 7) is 3.22. The molecule has 0 aliphatic heterocycles. The Balaban J connectivity index is 0.737. The number of rotatable bonds is 30. The van der Waals surface area contributed by atoms with Crippen LogP contribution in [0.3, 0.4) is 0 Å². The van der Waals surface area contributed by atoms with Crippen LogP contribution in [0.2, 0.25) is 0 Å². The number of nitriles is 2. The van der Waals surface area contributed by atoms with Crippen molar-refractivity contribution in [3.05, 3.63) is 211 Å². The molecule has 0 aliphatic carbocycles. The van der Waals surface area contributed by atoms with Gasteiger partial charge in [0.1, 0.15) is 35.4 Å². The van der Waals surface area contributed by atoms with Crippen LogP contribution in [-0.2, 0) is 5.75 Å².